The van der Waals surface area contributed by atoms with Crippen molar-refractivity contribution in [2.45, 2.75) is 6.54 Å². The van der Waals surface area contributed by atoms with Crippen molar-refractivity contribution in [2.75, 3.05) is 33.3 Å². The first-order valence-electron chi connectivity index (χ1n) is 8.13. The van der Waals surface area contributed by atoms with Gasteiger partial charge in [-0.1, -0.05) is 23.7 Å². The van der Waals surface area contributed by atoms with Crippen molar-refractivity contribution in [1.29, 1.82) is 0 Å². The van der Waals surface area contributed by atoms with Gasteiger partial charge in [-0.15, -0.1) is 0 Å². The molecule has 1 saturated heterocycles. The van der Waals surface area contributed by atoms with Crippen LogP contribution in [0.4, 0.5) is 0 Å². The topological polar surface area (TPSA) is 28.1 Å². The number of benzene rings is 2. The van der Waals surface area contributed by atoms with Crippen molar-refractivity contribution in [3.05, 3.63) is 64.7 Å². The van der Waals surface area contributed by atoms with Crippen LogP contribution in [0.25, 0.3) is 0 Å². The molecule has 126 valence electrons. The van der Waals surface area contributed by atoms with Crippen molar-refractivity contribution >= 4 is 17.8 Å². The molecule has 0 unspecified atom stereocenters. The van der Waals surface area contributed by atoms with Crippen LogP contribution >= 0.6 is 11.6 Å². The lowest BCUT2D eigenvalue weighted by Gasteiger charge is -2.33. The average molecular weight is 344 g/mol. The Labute approximate surface area is 148 Å². The molecule has 0 bridgehead atoms. The molecule has 0 spiro atoms. The summed E-state index contributed by atoms with van der Waals surface area (Å²) in [5, 5.41) is 7.50. The highest BCUT2D eigenvalue weighted by atomic mass is 35.5. The van der Waals surface area contributed by atoms with E-state index < -0.39 is 0 Å². The first-order chi connectivity index (χ1) is 11.7. The summed E-state index contributed by atoms with van der Waals surface area (Å²) in [6.45, 7) is 4.89. The van der Waals surface area contributed by atoms with E-state index in [9.17, 15) is 0 Å². The highest BCUT2D eigenvalue weighted by molar-refractivity contribution is 6.30. The van der Waals surface area contributed by atoms with Gasteiger partial charge in [0.2, 0.25) is 0 Å². The predicted octanol–water partition coefficient (Wildman–Crippen LogP) is 3.50. The minimum atomic E-state index is 0.788. The Bertz CT molecular complexity index is 662. The van der Waals surface area contributed by atoms with Gasteiger partial charge in [0.15, 0.2) is 0 Å². The van der Waals surface area contributed by atoms with Crippen molar-refractivity contribution in [2.24, 2.45) is 5.10 Å². The van der Waals surface area contributed by atoms with Gasteiger partial charge >= 0.3 is 0 Å². The van der Waals surface area contributed by atoms with E-state index >= 15 is 0 Å². The first-order valence-corrected chi connectivity index (χ1v) is 8.50. The second-order valence-electron chi connectivity index (χ2n) is 5.87. The fraction of sp³-hybridized carbons (Fsp3) is 0.316. The summed E-state index contributed by atoms with van der Waals surface area (Å²) in [6.07, 6.45) is 1.91. The van der Waals surface area contributed by atoms with E-state index in [0.29, 0.717) is 0 Å². The lowest BCUT2D eigenvalue weighted by molar-refractivity contribution is 0.131. The molecule has 2 aromatic rings. The monoisotopic (exact) mass is 343 g/mol. The number of ether oxygens (including phenoxy) is 1. The smallest absolute Gasteiger partial charge is 0.118 e. The van der Waals surface area contributed by atoms with Gasteiger partial charge in [0, 0.05) is 37.7 Å². The molecule has 0 aliphatic carbocycles. The van der Waals surface area contributed by atoms with E-state index in [1.54, 1.807) is 7.11 Å². The number of nitrogens with zero attached hydrogens (tertiary/aromatic N) is 3. The van der Waals surface area contributed by atoms with Crippen molar-refractivity contribution in [3.63, 3.8) is 0 Å². The van der Waals surface area contributed by atoms with Gasteiger partial charge in [-0.05, 0) is 47.5 Å². The van der Waals surface area contributed by atoms with Crippen molar-refractivity contribution in [1.82, 2.24) is 9.91 Å². The molecule has 2 aromatic carbocycles. The van der Waals surface area contributed by atoms with E-state index in [2.05, 4.69) is 27.1 Å². The van der Waals surface area contributed by atoms with E-state index in [1.165, 1.54) is 5.56 Å². The van der Waals surface area contributed by atoms with Gasteiger partial charge in [0.05, 0.1) is 13.3 Å². The number of halogens is 1. The Morgan fingerprint density at radius 2 is 1.67 bits per heavy atom. The summed E-state index contributed by atoms with van der Waals surface area (Å²) >= 11 is 5.93. The number of hydrogen-bond donors (Lipinski definition) is 0. The van der Waals surface area contributed by atoms with Crippen LogP contribution in [0, 0.1) is 0 Å². The van der Waals surface area contributed by atoms with Crippen LogP contribution < -0.4 is 4.74 Å². The second-order valence-corrected chi connectivity index (χ2v) is 6.31. The third kappa shape index (κ3) is 4.73. The van der Waals surface area contributed by atoms with Crippen LogP contribution in [0.1, 0.15) is 11.1 Å². The van der Waals surface area contributed by atoms with E-state index in [0.717, 1.165) is 49.1 Å². The van der Waals surface area contributed by atoms with Gasteiger partial charge < -0.3 is 4.74 Å². The Morgan fingerprint density at radius 1 is 1.00 bits per heavy atom. The fourth-order valence-electron chi connectivity index (χ4n) is 2.70. The fourth-order valence-corrected chi connectivity index (χ4v) is 2.82. The minimum Gasteiger partial charge on any atom is -0.497 e. The van der Waals surface area contributed by atoms with E-state index in [4.69, 9.17) is 16.3 Å². The second kappa shape index (κ2) is 8.18. The summed E-state index contributed by atoms with van der Waals surface area (Å²) in [5.41, 5.74) is 2.38. The number of methoxy groups -OCH3 is 1. The van der Waals surface area contributed by atoms with Crippen LogP contribution in [0.3, 0.4) is 0 Å². The summed E-state index contributed by atoms with van der Waals surface area (Å²) in [4.78, 5) is 2.45. The molecular weight excluding hydrogens is 322 g/mol. The van der Waals surface area contributed by atoms with E-state index in [1.807, 2.05) is 42.6 Å². The maximum absolute atomic E-state index is 5.93. The lowest BCUT2D eigenvalue weighted by atomic mass is 10.2. The summed E-state index contributed by atoms with van der Waals surface area (Å²) < 4.78 is 5.16. The maximum atomic E-state index is 5.93. The van der Waals surface area contributed by atoms with Crippen LogP contribution in [0.2, 0.25) is 5.02 Å². The van der Waals surface area contributed by atoms with Gasteiger partial charge in [0.1, 0.15) is 5.75 Å². The van der Waals surface area contributed by atoms with Crippen LogP contribution in [0.5, 0.6) is 5.75 Å². The molecule has 0 radical (unpaired) electrons. The molecule has 24 heavy (non-hydrogen) atoms. The normalized spacial score (nSPS) is 15.8. The lowest BCUT2D eigenvalue weighted by Crippen LogP contribution is -2.43. The quantitative estimate of drug-likeness (QED) is 0.778. The molecule has 0 aromatic heterocycles. The molecule has 1 aliphatic rings. The number of rotatable bonds is 5. The highest BCUT2D eigenvalue weighted by Gasteiger charge is 2.15. The first kappa shape index (κ1) is 16.8. The molecule has 3 rings (SSSR count). The van der Waals surface area contributed by atoms with Gasteiger partial charge in [-0.25, -0.2) is 0 Å². The van der Waals surface area contributed by atoms with Gasteiger partial charge in [0.25, 0.3) is 0 Å². The van der Waals surface area contributed by atoms with E-state index in [-0.39, 0.29) is 0 Å². The molecule has 1 aliphatic heterocycles. The molecule has 0 atom stereocenters. The Morgan fingerprint density at radius 3 is 2.29 bits per heavy atom. The zero-order valence-electron chi connectivity index (χ0n) is 13.9. The molecule has 0 saturated carbocycles. The van der Waals surface area contributed by atoms with Gasteiger partial charge in [-0.2, -0.15) is 5.10 Å². The number of piperazine rings is 1. The largest absolute Gasteiger partial charge is 0.497 e. The SMILES string of the molecule is COc1ccc(/C=N/N2CCN(Cc3ccc(Cl)cc3)CC2)cc1. The maximum Gasteiger partial charge on any atom is 0.118 e. The Kier molecular flexibility index (Phi) is 5.72. The Balaban J connectivity index is 1.47. The average Bonchev–Trinajstić information content (AvgIpc) is 2.63. The zero-order chi connectivity index (χ0) is 16.8. The Hall–Kier alpha value is -2.04. The molecule has 4 nitrogen and oxygen atoms in total. The van der Waals surface area contributed by atoms with Crippen molar-refractivity contribution in [3.8, 4) is 5.75 Å². The molecular formula is C19H22ClN3O. The van der Waals surface area contributed by atoms with Crippen LogP contribution in [-0.2, 0) is 6.54 Å². The molecule has 0 amide bonds. The van der Waals surface area contributed by atoms with Gasteiger partial charge in [-0.3, -0.25) is 9.91 Å². The minimum absolute atomic E-state index is 0.788. The molecule has 5 heteroatoms. The van der Waals surface area contributed by atoms with Crippen molar-refractivity contribution < 1.29 is 4.74 Å². The number of hydrogen-bond acceptors (Lipinski definition) is 4. The third-order valence-corrected chi connectivity index (χ3v) is 4.41. The molecule has 1 heterocycles. The highest BCUT2D eigenvalue weighted by Crippen LogP contribution is 2.13. The van der Waals surface area contributed by atoms with Crippen LogP contribution in [0.15, 0.2) is 53.6 Å². The third-order valence-electron chi connectivity index (χ3n) is 4.15. The summed E-state index contributed by atoms with van der Waals surface area (Å²) in [5.74, 6) is 0.864. The summed E-state index contributed by atoms with van der Waals surface area (Å²) in [6, 6.07) is 16.0. The van der Waals surface area contributed by atoms with Crippen LogP contribution in [-0.4, -0.2) is 49.4 Å². The molecule has 1 fully saturated rings. The number of hydrazone groups is 1. The zero-order valence-corrected chi connectivity index (χ0v) is 14.6. The summed E-state index contributed by atoms with van der Waals surface area (Å²) in [7, 11) is 1.67. The standard InChI is InChI=1S/C19H22ClN3O/c1-24-19-8-4-16(5-9-19)14-21-23-12-10-22(11-13-23)15-17-2-6-18(20)7-3-17/h2-9,14H,10-13,15H2,1H3/b21-14+. The molecule has 0 N–H and O–H groups in total. The predicted molar refractivity (Wildman–Crippen MR) is 98.9 cm³/mol.